The number of thioether (sulfide) groups is 1. The largest absolute Gasteiger partial charge is 0.338 e. The van der Waals surface area contributed by atoms with Crippen molar-refractivity contribution in [3.05, 3.63) is 39.6 Å². The Morgan fingerprint density at radius 1 is 1.27 bits per heavy atom. The van der Waals surface area contributed by atoms with Crippen LogP contribution in [0.15, 0.2) is 43.2 Å². The first kappa shape index (κ1) is 14.3. The van der Waals surface area contributed by atoms with Gasteiger partial charge in [-0.2, -0.15) is 4.98 Å². The number of halogens is 1. The Labute approximate surface area is 145 Å². The average molecular weight is 411 g/mol. The van der Waals surface area contributed by atoms with Crippen molar-refractivity contribution in [1.29, 1.82) is 0 Å². The minimum Gasteiger partial charge on any atom is -0.338 e. The number of hydrogen-bond acceptors (Lipinski definition) is 8. The summed E-state index contributed by atoms with van der Waals surface area (Å²) in [6.45, 7) is 0. The highest BCUT2D eigenvalue weighted by Gasteiger charge is 2.12. The van der Waals surface area contributed by atoms with Gasteiger partial charge < -0.3 is 4.52 Å². The lowest BCUT2D eigenvalue weighted by Gasteiger charge is -1.98. The quantitative estimate of drug-likeness (QED) is 0.353. The van der Waals surface area contributed by atoms with E-state index in [2.05, 4.69) is 36.0 Å². The van der Waals surface area contributed by atoms with Gasteiger partial charge in [-0.1, -0.05) is 16.9 Å². The zero-order chi connectivity index (χ0) is 14.9. The van der Waals surface area contributed by atoms with Crippen molar-refractivity contribution < 1.29 is 4.52 Å². The molecule has 5 nitrogen and oxygen atoms in total. The van der Waals surface area contributed by atoms with Crippen LogP contribution in [0.1, 0.15) is 5.89 Å². The van der Waals surface area contributed by atoms with Crippen LogP contribution in [0.4, 0.5) is 0 Å². The standard InChI is InChI=1S/C13H7BrN4OS3/c14-7-3-9(21-4-7)12-17-10(19-18-12)5-22-13-11-8(1-2-20-11)15-6-16-13/h1-4,6H,5H2. The van der Waals surface area contributed by atoms with E-state index in [1.165, 1.54) is 0 Å². The molecule has 0 aliphatic heterocycles. The summed E-state index contributed by atoms with van der Waals surface area (Å²) in [4.78, 5) is 14.0. The van der Waals surface area contributed by atoms with E-state index >= 15 is 0 Å². The van der Waals surface area contributed by atoms with E-state index in [9.17, 15) is 0 Å². The van der Waals surface area contributed by atoms with Crippen LogP contribution in [-0.4, -0.2) is 20.1 Å². The summed E-state index contributed by atoms with van der Waals surface area (Å²) >= 11 is 8.22. The Bertz CT molecular complexity index is 932. The molecule has 0 aromatic carbocycles. The van der Waals surface area contributed by atoms with Gasteiger partial charge in [0.05, 0.1) is 20.8 Å². The predicted octanol–water partition coefficient (Wildman–Crippen LogP) is 4.86. The van der Waals surface area contributed by atoms with Gasteiger partial charge in [0, 0.05) is 9.85 Å². The maximum absolute atomic E-state index is 5.31. The van der Waals surface area contributed by atoms with Crippen LogP contribution in [0, 0.1) is 0 Å². The van der Waals surface area contributed by atoms with E-state index in [0.717, 1.165) is 24.6 Å². The Balaban J connectivity index is 1.52. The van der Waals surface area contributed by atoms with Gasteiger partial charge in [-0.25, -0.2) is 9.97 Å². The molecule has 0 aliphatic carbocycles. The Morgan fingerprint density at radius 2 is 2.23 bits per heavy atom. The molecule has 0 amide bonds. The topological polar surface area (TPSA) is 64.7 Å². The number of thiophene rings is 2. The summed E-state index contributed by atoms with van der Waals surface area (Å²) in [5.41, 5.74) is 0.970. The second-order valence-electron chi connectivity index (χ2n) is 4.24. The van der Waals surface area contributed by atoms with Crippen LogP contribution in [0.2, 0.25) is 0 Å². The molecule has 4 heterocycles. The van der Waals surface area contributed by atoms with Crippen LogP contribution in [-0.2, 0) is 5.75 Å². The summed E-state index contributed by atoms with van der Waals surface area (Å²) < 4.78 is 7.43. The third-order valence-corrected chi connectivity index (χ3v) is 6.50. The first-order valence-electron chi connectivity index (χ1n) is 6.17. The Hall–Kier alpha value is -1.29. The lowest BCUT2D eigenvalue weighted by Crippen LogP contribution is -1.85. The highest BCUT2D eigenvalue weighted by Crippen LogP contribution is 2.32. The molecule has 0 unspecified atom stereocenters. The van der Waals surface area contributed by atoms with Crippen molar-refractivity contribution in [1.82, 2.24) is 20.1 Å². The fraction of sp³-hybridized carbons (Fsp3) is 0.0769. The van der Waals surface area contributed by atoms with Gasteiger partial charge in [-0.05, 0) is 33.4 Å². The second kappa shape index (κ2) is 6.07. The molecule has 0 aliphatic rings. The van der Waals surface area contributed by atoms with Gasteiger partial charge in [0.2, 0.25) is 11.7 Å². The number of nitrogens with zero attached hydrogens (tertiary/aromatic N) is 4. The summed E-state index contributed by atoms with van der Waals surface area (Å²) in [6.07, 6.45) is 1.58. The molecule has 0 N–H and O–H groups in total. The normalized spacial score (nSPS) is 11.3. The first-order chi connectivity index (χ1) is 10.8. The average Bonchev–Trinajstić information content (AvgIpc) is 3.24. The molecule has 4 rings (SSSR count). The van der Waals surface area contributed by atoms with Gasteiger partial charge in [-0.3, -0.25) is 0 Å². The van der Waals surface area contributed by atoms with Crippen molar-refractivity contribution >= 4 is 60.6 Å². The minimum absolute atomic E-state index is 0.587. The molecule has 0 spiro atoms. The summed E-state index contributed by atoms with van der Waals surface area (Å²) in [6, 6.07) is 3.97. The number of aromatic nitrogens is 4. The highest BCUT2D eigenvalue weighted by molar-refractivity contribution is 9.10. The van der Waals surface area contributed by atoms with Gasteiger partial charge in [0.1, 0.15) is 11.4 Å². The van der Waals surface area contributed by atoms with Crippen molar-refractivity contribution in [3.8, 4) is 10.7 Å². The summed E-state index contributed by atoms with van der Waals surface area (Å²) in [7, 11) is 0. The zero-order valence-electron chi connectivity index (χ0n) is 10.9. The fourth-order valence-corrected chi connectivity index (χ4v) is 4.98. The fourth-order valence-electron chi connectivity index (χ4n) is 1.84. The maximum Gasteiger partial charge on any atom is 0.237 e. The lowest BCUT2D eigenvalue weighted by molar-refractivity contribution is 0.392. The minimum atomic E-state index is 0.587. The number of hydrogen-bond donors (Lipinski definition) is 0. The van der Waals surface area contributed by atoms with Gasteiger partial charge >= 0.3 is 0 Å². The van der Waals surface area contributed by atoms with E-state index in [0.29, 0.717) is 17.5 Å². The monoisotopic (exact) mass is 410 g/mol. The third kappa shape index (κ3) is 2.81. The van der Waals surface area contributed by atoms with E-state index in [1.54, 1.807) is 40.8 Å². The van der Waals surface area contributed by atoms with Crippen molar-refractivity contribution in [2.75, 3.05) is 0 Å². The van der Waals surface area contributed by atoms with E-state index < -0.39 is 0 Å². The van der Waals surface area contributed by atoms with Crippen LogP contribution in [0.25, 0.3) is 20.9 Å². The SMILES string of the molecule is Brc1csc(-c2noc(CSc3ncnc4ccsc34)n2)c1. The second-order valence-corrected chi connectivity index (χ2v) is 7.95. The molecular formula is C13H7BrN4OS3. The van der Waals surface area contributed by atoms with E-state index in [4.69, 9.17) is 4.52 Å². The Kier molecular flexibility index (Phi) is 3.95. The molecule has 4 aromatic rings. The smallest absolute Gasteiger partial charge is 0.237 e. The lowest BCUT2D eigenvalue weighted by atomic mass is 10.4. The van der Waals surface area contributed by atoms with Gasteiger partial charge in [0.15, 0.2) is 0 Å². The highest BCUT2D eigenvalue weighted by atomic mass is 79.9. The molecule has 0 radical (unpaired) electrons. The van der Waals surface area contributed by atoms with E-state index in [-0.39, 0.29) is 0 Å². The molecule has 110 valence electrons. The molecule has 0 saturated heterocycles. The molecule has 0 atom stereocenters. The van der Waals surface area contributed by atoms with E-state index in [1.807, 2.05) is 22.9 Å². The molecular weight excluding hydrogens is 404 g/mol. The molecule has 22 heavy (non-hydrogen) atoms. The molecule has 0 fully saturated rings. The molecule has 4 aromatic heterocycles. The van der Waals surface area contributed by atoms with Crippen molar-refractivity contribution in [2.24, 2.45) is 0 Å². The summed E-state index contributed by atoms with van der Waals surface area (Å²) in [5, 5.41) is 8.98. The van der Waals surface area contributed by atoms with Crippen LogP contribution in [0.5, 0.6) is 0 Å². The third-order valence-electron chi connectivity index (χ3n) is 2.80. The Morgan fingerprint density at radius 3 is 3.09 bits per heavy atom. The zero-order valence-corrected chi connectivity index (χ0v) is 14.9. The van der Waals surface area contributed by atoms with Gasteiger partial charge in [-0.15, -0.1) is 22.7 Å². The van der Waals surface area contributed by atoms with Crippen LogP contribution in [0.3, 0.4) is 0 Å². The first-order valence-corrected chi connectivity index (χ1v) is 9.71. The predicted molar refractivity (Wildman–Crippen MR) is 92.3 cm³/mol. The van der Waals surface area contributed by atoms with Crippen LogP contribution >= 0.6 is 50.4 Å². The molecule has 0 saturated carbocycles. The molecule has 9 heteroatoms. The number of fused-ring (bicyclic) bond motifs is 1. The maximum atomic E-state index is 5.31. The van der Waals surface area contributed by atoms with Crippen molar-refractivity contribution in [2.45, 2.75) is 10.8 Å². The number of rotatable bonds is 4. The molecule has 0 bridgehead atoms. The van der Waals surface area contributed by atoms with Crippen molar-refractivity contribution in [3.63, 3.8) is 0 Å². The van der Waals surface area contributed by atoms with Gasteiger partial charge in [0.25, 0.3) is 0 Å². The summed E-state index contributed by atoms with van der Waals surface area (Å²) in [5.74, 6) is 1.80. The van der Waals surface area contributed by atoms with Crippen LogP contribution < -0.4 is 0 Å².